The van der Waals surface area contributed by atoms with E-state index in [1.807, 2.05) is 30.0 Å². The zero-order valence-corrected chi connectivity index (χ0v) is 14.2. The van der Waals surface area contributed by atoms with Crippen molar-refractivity contribution >= 4 is 17.5 Å². The molecule has 1 saturated carbocycles. The third-order valence-corrected chi connectivity index (χ3v) is 5.83. The van der Waals surface area contributed by atoms with Gasteiger partial charge in [0, 0.05) is 36.2 Å². The fourth-order valence-corrected chi connectivity index (χ4v) is 4.35. The van der Waals surface area contributed by atoms with Crippen LogP contribution in [0.15, 0.2) is 18.2 Å². The van der Waals surface area contributed by atoms with Crippen LogP contribution in [0.25, 0.3) is 0 Å². The zero-order valence-electron chi connectivity index (χ0n) is 13.4. The van der Waals surface area contributed by atoms with Gasteiger partial charge < -0.3 is 9.64 Å². The van der Waals surface area contributed by atoms with Crippen LogP contribution in [0.2, 0.25) is 5.02 Å². The van der Waals surface area contributed by atoms with E-state index in [2.05, 4.69) is 0 Å². The van der Waals surface area contributed by atoms with Gasteiger partial charge in [-0.25, -0.2) is 0 Å². The number of carbonyl (C=O) groups excluding carboxylic acids is 1. The Morgan fingerprint density at radius 1 is 1.36 bits per heavy atom. The number of aryl methyl sites for hydroxylation is 1. The van der Waals surface area contributed by atoms with Crippen LogP contribution in [-0.4, -0.2) is 37.1 Å². The summed E-state index contributed by atoms with van der Waals surface area (Å²) < 4.78 is 5.72. The number of hydrogen-bond donors (Lipinski definition) is 0. The molecule has 1 aliphatic carbocycles. The van der Waals surface area contributed by atoms with Crippen molar-refractivity contribution in [3.8, 4) is 0 Å². The number of amides is 1. The first-order chi connectivity index (χ1) is 10.6. The summed E-state index contributed by atoms with van der Waals surface area (Å²) in [6.45, 7) is 3.61. The van der Waals surface area contributed by atoms with Gasteiger partial charge in [-0.2, -0.15) is 0 Å². The Morgan fingerprint density at radius 3 is 2.86 bits per heavy atom. The Labute approximate surface area is 137 Å². The maximum atomic E-state index is 12.8. The van der Waals surface area contributed by atoms with E-state index >= 15 is 0 Å². The van der Waals surface area contributed by atoms with Gasteiger partial charge in [0.1, 0.15) is 0 Å². The van der Waals surface area contributed by atoms with Crippen molar-refractivity contribution in [1.82, 2.24) is 4.90 Å². The molecule has 1 aliphatic heterocycles. The number of halogens is 1. The lowest BCUT2D eigenvalue weighted by molar-refractivity contribution is -0.0295. The molecule has 22 heavy (non-hydrogen) atoms. The van der Waals surface area contributed by atoms with E-state index in [1.165, 1.54) is 19.3 Å². The maximum Gasteiger partial charge on any atom is 0.253 e. The van der Waals surface area contributed by atoms with Crippen LogP contribution in [0.4, 0.5) is 0 Å². The minimum Gasteiger partial charge on any atom is -0.381 e. The molecule has 0 bridgehead atoms. The molecule has 3 rings (SSSR count). The summed E-state index contributed by atoms with van der Waals surface area (Å²) in [6.07, 6.45) is 6.05. The summed E-state index contributed by atoms with van der Waals surface area (Å²) in [4.78, 5) is 14.9. The minimum absolute atomic E-state index is 0.126. The van der Waals surface area contributed by atoms with E-state index in [-0.39, 0.29) is 11.3 Å². The summed E-state index contributed by atoms with van der Waals surface area (Å²) in [7, 11) is 1.81. The average Bonchev–Trinajstić information content (AvgIpc) is 2.91. The SMILES string of the molecule is CO[C@@H]1CCC[C@@]12CCCN(C(=O)c1ccc(Cl)c(C)c1)C2. The Balaban J connectivity index is 1.79. The largest absolute Gasteiger partial charge is 0.381 e. The number of piperidine rings is 1. The van der Waals surface area contributed by atoms with E-state index in [1.54, 1.807) is 7.11 Å². The molecule has 1 aromatic rings. The lowest BCUT2D eigenvalue weighted by Gasteiger charge is -2.43. The molecule has 0 radical (unpaired) electrons. The fraction of sp³-hybridized carbons (Fsp3) is 0.611. The van der Waals surface area contributed by atoms with Gasteiger partial charge in [0.05, 0.1) is 6.10 Å². The van der Waals surface area contributed by atoms with Crippen molar-refractivity contribution < 1.29 is 9.53 Å². The van der Waals surface area contributed by atoms with Gasteiger partial charge in [0.25, 0.3) is 5.91 Å². The zero-order chi connectivity index (χ0) is 15.7. The Bertz CT molecular complexity index is 574. The highest BCUT2D eigenvalue weighted by Crippen LogP contribution is 2.46. The van der Waals surface area contributed by atoms with Crippen LogP contribution < -0.4 is 0 Å². The Kier molecular flexibility index (Phi) is 4.47. The lowest BCUT2D eigenvalue weighted by atomic mass is 9.76. The lowest BCUT2D eigenvalue weighted by Crippen LogP contribution is -2.49. The monoisotopic (exact) mass is 321 g/mol. The molecule has 1 aromatic carbocycles. The molecular formula is C18H24ClNO2. The normalized spacial score (nSPS) is 28.3. The molecule has 2 aliphatic rings. The van der Waals surface area contributed by atoms with Gasteiger partial charge in [-0.15, -0.1) is 0 Å². The molecule has 1 saturated heterocycles. The van der Waals surface area contributed by atoms with Crippen molar-refractivity contribution in [3.63, 3.8) is 0 Å². The smallest absolute Gasteiger partial charge is 0.253 e. The van der Waals surface area contributed by atoms with E-state index in [9.17, 15) is 4.79 Å². The third kappa shape index (κ3) is 2.77. The Hall–Kier alpha value is -1.06. The fourth-order valence-electron chi connectivity index (χ4n) is 4.24. The number of ether oxygens (including phenoxy) is 1. The second-order valence-corrected chi connectivity index (χ2v) is 7.18. The van der Waals surface area contributed by atoms with Crippen molar-refractivity contribution in [2.24, 2.45) is 5.41 Å². The topological polar surface area (TPSA) is 29.5 Å². The van der Waals surface area contributed by atoms with E-state index in [0.29, 0.717) is 11.1 Å². The molecule has 0 unspecified atom stereocenters. The second kappa shape index (κ2) is 6.21. The van der Waals surface area contributed by atoms with Crippen molar-refractivity contribution in [2.45, 2.75) is 45.1 Å². The van der Waals surface area contributed by atoms with Crippen molar-refractivity contribution in [3.05, 3.63) is 34.3 Å². The third-order valence-electron chi connectivity index (χ3n) is 5.41. The molecule has 1 heterocycles. The molecule has 4 heteroatoms. The number of nitrogens with zero attached hydrogens (tertiary/aromatic N) is 1. The molecule has 2 fully saturated rings. The molecule has 1 amide bonds. The maximum absolute atomic E-state index is 12.8. The highest BCUT2D eigenvalue weighted by Gasteiger charge is 2.46. The molecule has 1 spiro atoms. The van der Waals surface area contributed by atoms with Gasteiger partial charge in [-0.3, -0.25) is 4.79 Å². The van der Waals surface area contributed by atoms with Crippen LogP contribution in [0.3, 0.4) is 0 Å². The Morgan fingerprint density at radius 2 is 2.14 bits per heavy atom. The van der Waals surface area contributed by atoms with Crippen molar-refractivity contribution in [2.75, 3.05) is 20.2 Å². The first kappa shape index (κ1) is 15.8. The number of likely N-dealkylation sites (tertiary alicyclic amines) is 1. The van der Waals surface area contributed by atoms with Crippen LogP contribution in [0, 0.1) is 12.3 Å². The molecule has 120 valence electrons. The standard InChI is InChI=1S/C18H24ClNO2/c1-13-11-14(6-7-15(13)19)17(21)20-10-4-9-18(12-20)8-3-5-16(18)22-2/h6-7,11,16H,3-5,8-10,12H2,1-2H3/t16-,18+/m1/s1. The molecule has 2 atom stereocenters. The number of hydrogen-bond acceptors (Lipinski definition) is 2. The van der Waals surface area contributed by atoms with Crippen LogP contribution >= 0.6 is 11.6 Å². The molecule has 0 N–H and O–H groups in total. The van der Waals surface area contributed by atoms with Crippen LogP contribution in [-0.2, 0) is 4.74 Å². The highest BCUT2D eigenvalue weighted by molar-refractivity contribution is 6.31. The quantitative estimate of drug-likeness (QED) is 0.821. The van der Waals surface area contributed by atoms with Crippen LogP contribution in [0.1, 0.15) is 48.0 Å². The van der Waals surface area contributed by atoms with Gasteiger partial charge >= 0.3 is 0 Å². The predicted octanol–water partition coefficient (Wildman–Crippen LogP) is 4.07. The number of carbonyl (C=O) groups is 1. The van der Waals surface area contributed by atoms with Gasteiger partial charge in [-0.1, -0.05) is 18.0 Å². The first-order valence-corrected chi connectivity index (χ1v) is 8.52. The van der Waals surface area contributed by atoms with Gasteiger partial charge in [0.2, 0.25) is 0 Å². The van der Waals surface area contributed by atoms with E-state index < -0.39 is 0 Å². The molecule has 3 nitrogen and oxygen atoms in total. The second-order valence-electron chi connectivity index (χ2n) is 6.77. The number of rotatable bonds is 2. The predicted molar refractivity (Wildman–Crippen MR) is 88.4 cm³/mol. The number of benzene rings is 1. The summed E-state index contributed by atoms with van der Waals surface area (Å²) >= 11 is 6.07. The van der Waals surface area contributed by atoms with Gasteiger partial charge in [0.15, 0.2) is 0 Å². The summed E-state index contributed by atoms with van der Waals surface area (Å²) in [6, 6.07) is 5.55. The van der Waals surface area contributed by atoms with Crippen molar-refractivity contribution in [1.29, 1.82) is 0 Å². The van der Waals surface area contributed by atoms with E-state index in [4.69, 9.17) is 16.3 Å². The summed E-state index contributed by atoms with van der Waals surface area (Å²) in [5.41, 5.74) is 1.87. The van der Waals surface area contributed by atoms with Crippen LogP contribution in [0.5, 0.6) is 0 Å². The highest BCUT2D eigenvalue weighted by atomic mass is 35.5. The number of methoxy groups -OCH3 is 1. The average molecular weight is 322 g/mol. The summed E-state index contributed by atoms with van der Waals surface area (Å²) in [5, 5.41) is 0.710. The molecule has 0 aromatic heterocycles. The summed E-state index contributed by atoms with van der Waals surface area (Å²) in [5.74, 6) is 0.126. The van der Waals surface area contributed by atoms with E-state index in [0.717, 1.165) is 37.1 Å². The minimum atomic E-state index is 0.126. The molecular weight excluding hydrogens is 298 g/mol. The first-order valence-electron chi connectivity index (χ1n) is 8.14. The van der Waals surface area contributed by atoms with Gasteiger partial charge in [-0.05, 0) is 56.4 Å².